The molecule has 3 nitrogen and oxygen atoms in total. The Morgan fingerprint density at radius 1 is 1.00 bits per heavy atom. The molecule has 26 heavy (non-hydrogen) atoms. The van der Waals surface area contributed by atoms with Gasteiger partial charge in [0.05, 0.1) is 5.69 Å². The van der Waals surface area contributed by atoms with Crippen LogP contribution in [0.4, 0.5) is 0 Å². The van der Waals surface area contributed by atoms with Crippen molar-refractivity contribution < 1.29 is 0 Å². The Morgan fingerprint density at radius 3 is 2.38 bits per heavy atom. The van der Waals surface area contributed by atoms with Crippen molar-refractivity contribution in [2.45, 2.75) is 90.5 Å². The van der Waals surface area contributed by atoms with Gasteiger partial charge in [-0.25, -0.2) is 4.79 Å². The maximum Gasteiger partial charge on any atom is 0.326 e. The molecule has 0 spiro atoms. The lowest BCUT2D eigenvalue weighted by atomic mass is 9.94. The molecular formula is C23H34N2O. The summed E-state index contributed by atoms with van der Waals surface area (Å²) < 4.78 is 2.04. The average molecular weight is 355 g/mol. The summed E-state index contributed by atoms with van der Waals surface area (Å²) in [4.78, 5) is 15.6. The van der Waals surface area contributed by atoms with Crippen molar-refractivity contribution in [2.75, 3.05) is 0 Å². The van der Waals surface area contributed by atoms with E-state index in [0.29, 0.717) is 6.04 Å². The molecule has 1 heterocycles. The number of hydrogen-bond acceptors (Lipinski definition) is 1. The summed E-state index contributed by atoms with van der Waals surface area (Å²) in [6, 6.07) is 9.26. The van der Waals surface area contributed by atoms with Crippen molar-refractivity contribution >= 4 is 0 Å². The van der Waals surface area contributed by atoms with E-state index in [9.17, 15) is 4.79 Å². The fraction of sp³-hybridized carbons (Fsp3) is 0.609. The fourth-order valence-electron chi connectivity index (χ4n) is 4.37. The van der Waals surface area contributed by atoms with Crippen LogP contribution in [-0.4, -0.2) is 9.55 Å². The zero-order chi connectivity index (χ0) is 18.4. The van der Waals surface area contributed by atoms with E-state index in [0.717, 1.165) is 30.7 Å². The van der Waals surface area contributed by atoms with Gasteiger partial charge in [0.25, 0.3) is 0 Å². The summed E-state index contributed by atoms with van der Waals surface area (Å²) in [6.07, 6.45) is 13.8. The van der Waals surface area contributed by atoms with Gasteiger partial charge >= 0.3 is 5.69 Å². The molecule has 1 N–H and O–H groups in total. The van der Waals surface area contributed by atoms with E-state index < -0.39 is 0 Å². The number of aromatic amines is 1. The van der Waals surface area contributed by atoms with Gasteiger partial charge in [0.15, 0.2) is 0 Å². The molecule has 0 bridgehead atoms. The number of benzene rings is 1. The summed E-state index contributed by atoms with van der Waals surface area (Å²) in [5.74, 6) is 0. The first kappa shape index (κ1) is 19.0. The number of H-pyrrole nitrogens is 1. The molecule has 1 aliphatic rings. The lowest BCUT2D eigenvalue weighted by Gasteiger charge is -2.24. The Bertz CT molecular complexity index is 733. The highest BCUT2D eigenvalue weighted by molar-refractivity contribution is 5.62. The Kier molecular flexibility index (Phi) is 6.76. The summed E-state index contributed by atoms with van der Waals surface area (Å²) in [5, 5.41) is 0. The number of hydrogen-bond donors (Lipinski definition) is 1. The molecule has 1 aromatic carbocycles. The van der Waals surface area contributed by atoms with Gasteiger partial charge in [0.1, 0.15) is 0 Å². The van der Waals surface area contributed by atoms with E-state index in [1.165, 1.54) is 62.5 Å². The smallest absolute Gasteiger partial charge is 0.309 e. The van der Waals surface area contributed by atoms with E-state index in [1.54, 1.807) is 0 Å². The SMILES string of the molecule is CCCCCCCc1ccc(-c2c(C)[nH]c(=O)n2C2CCCCC2)cc1. The lowest BCUT2D eigenvalue weighted by Crippen LogP contribution is -2.24. The molecule has 1 saturated carbocycles. The molecule has 0 radical (unpaired) electrons. The molecule has 1 fully saturated rings. The van der Waals surface area contributed by atoms with E-state index >= 15 is 0 Å². The van der Waals surface area contributed by atoms with Gasteiger partial charge in [-0.2, -0.15) is 0 Å². The molecule has 1 aliphatic carbocycles. The van der Waals surface area contributed by atoms with Crippen molar-refractivity contribution in [3.8, 4) is 11.3 Å². The van der Waals surface area contributed by atoms with Crippen LogP contribution in [0.15, 0.2) is 29.1 Å². The average Bonchev–Trinajstić information content (AvgIpc) is 2.97. The summed E-state index contributed by atoms with van der Waals surface area (Å²) >= 11 is 0. The Labute approximate surface area is 157 Å². The monoisotopic (exact) mass is 354 g/mol. The minimum atomic E-state index is 0.0596. The highest BCUT2D eigenvalue weighted by Crippen LogP contribution is 2.32. The van der Waals surface area contributed by atoms with Gasteiger partial charge in [-0.1, -0.05) is 76.1 Å². The standard InChI is InChI=1S/C23H34N2O/c1-3-4-5-6-8-11-19-14-16-20(17-15-19)22-18(2)24-23(26)25(22)21-12-9-7-10-13-21/h14-17,21H,3-13H2,1-2H3,(H,24,26). The number of imidazole rings is 1. The first-order valence-corrected chi connectivity index (χ1v) is 10.6. The number of nitrogens with zero attached hydrogens (tertiary/aromatic N) is 1. The van der Waals surface area contributed by atoms with E-state index in [2.05, 4.69) is 36.2 Å². The first-order chi connectivity index (χ1) is 12.7. The van der Waals surface area contributed by atoms with Crippen LogP contribution in [0, 0.1) is 6.92 Å². The minimum Gasteiger partial charge on any atom is -0.309 e. The molecule has 0 aliphatic heterocycles. The second kappa shape index (κ2) is 9.25. The van der Waals surface area contributed by atoms with Crippen LogP contribution in [0.3, 0.4) is 0 Å². The first-order valence-electron chi connectivity index (χ1n) is 10.6. The lowest BCUT2D eigenvalue weighted by molar-refractivity contribution is 0.349. The fourth-order valence-corrected chi connectivity index (χ4v) is 4.37. The maximum atomic E-state index is 12.5. The molecule has 142 valence electrons. The Hall–Kier alpha value is -1.77. The highest BCUT2D eigenvalue weighted by atomic mass is 16.1. The zero-order valence-electron chi connectivity index (χ0n) is 16.5. The van der Waals surface area contributed by atoms with Gasteiger partial charge in [-0.05, 0) is 38.2 Å². The van der Waals surface area contributed by atoms with Gasteiger partial charge in [0, 0.05) is 17.3 Å². The Balaban J connectivity index is 1.73. The maximum absolute atomic E-state index is 12.5. The van der Waals surface area contributed by atoms with Crippen molar-refractivity contribution in [1.82, 2.24) is 9.55 Å². The van der Waals surface area contributed by atoms with E-state index in [4.69, 9.17) is 0 Å². The van der Waals surface area contributed by atoms with Gasteiger partial charge in [-0.3, -0.25) is 4.57 Å². The second-order valence-corrected chi connectivity index (χ2v) is 7.93. The molecular weight excluding hydrogens is 320 g/mol. The number of aromatic nitrogens is 2. The molecule has 3 rings (SSSR count). The van der Waals surface area contributed by atoms with Crippen LogP contribution >= 0.6 is 0 Å². The third-order valence-electron chi connectivity index (χ3n) is 5.85. The number of aryl methyl sites for hydroxylation is 2. The molecule has 2 aromatic rings. The molecule has 0 unspecified atom stereocenters. The van der Waals surface area contributed by atoms with Crippen LogP contribution in [0.1, 0.15) is 88.4 Å². The quantitative estimate of drug-likeness (QED) is 0.566. The third-order valence-corrected chi connectivity index (χ3v) is 5.85. The van der Waals surface area contributed by atoms with Crippen LogP contribution in [-0.2, 0) is 6.42 Å². The molecule has 3 heteroatoms. The molecule has 1 aromatic heterocycles. The number of nitrogens with one attached hydrogen (secondary N) is 1. The molecule has 0 saturated heterocycles. The largest absolute Gasteiger partial charge is 0.326 e. The summed E-state index contributed by atoms with van der Waals surface area (Å²) in [7, 11) is 0. The van der Waals surface area contributed by atoms with Crippen LogP contribution in [0.25, 0.3) is 11.3 Å². The zero-order valence-corrected chi connectivity index (χ0v) is 16.5. The van der Waals surface area contributed by atoms with E-state index in [1.807, 2.05) is 11.5 Å². The van der Waals surface area contributed by atoms with Crippen molar-refractivity contribution in [1.29, 1.82) is 0 Å². The minimum absolute atomic E-state index is 0.0596. The predicted molar refractivity (Wildman–Crippen MR) is 110 cm³/mol. The van der Waals surface area contributed by atoms with Crippen LogP contribution in [0.2, 0.25) is 0 Å². The molecule has 0 amide bonds. The molecule has 0 atom stereocenters. The van der Waals surface area contributed by atoms with Gasteiger partial charge < -0.3 is 4.98 Å². The van der Waals surface area contributed by atoms with Gasteiger partial charge in [-0.15, -0.1) is 0 Å². The van der Waals surface area contributed by atoms with Crippen molar-refractivity contribution in [2.24, 2.45) is 0 Å². The summed E-state index contributed by atoms with van der Waals surface area (Å²) in [5.41, 5.74) is 4.72. The second-order valence-electron chi connectivity index (χ2n) is 7.93. The normalized spacial score (nSPS) is 15.5. The topological polar surface area (TPSA) is 37.8 Å². The predicted octanol–water partition coefficient (Wildman–Crippen LogP) is 6.17. The number of unbranched alkanes of at least 4 members (excludes halogenated alkanes) is 4. The third kappa shape index (κ3) is 4.49. The number of rotatable bonds is 8. The van der Waals surface area contributed by atoms with Crippen molar-refractivity contribution in [3.63, 3.8) is 0 Å². The van der Waals surface area contributed by atoms with Crippen molar-refractivity contribution in [3.05, 3.63) is 46.0 Å². The summed E-state index contributed by atoms with van der Waals surface area (Å²) in [6.45, 7) is 4.28. The van der Waals surface area contributed by atoms with E-state index in [-0.39, 0.29) is 5.69 Å². The Morgan fingerprint density at radius 2 is 1.69 bits per heavy atom. The van der Waals surface area contributed by atoms with Crippen LogP contribution < -0.4 is 5.69 Å². The van der Waals surface area contributed by atoms with Gasteiger partial charge in [0.2, 0.25) is 0 Å². The van der Waals surface area contributed by atoms with Crippen LogP contribution in [0.5, 0.6) is 0 Å². The highest BCUT2D eigenvalue weighted by Gasteiger charge is 2.22.